The molecule has 0 N–H and O–H groups in total. The van der Waals surface area contributed by atoms with E-state index in [9.17, 15) is 4.79 Å². The minimum absolute atomic E-state index is 0.204. The number of ether oxygens (including phenoxy) is 2. The van der Waals surface area contributed by atoms with Gasteiger partial charge in [0.15, 0.2) is 0 Å². The van der Waals surface area contributed by atoms with Gasteiger partial charge < -0.3 is 9.47 Å². The van der Waals surface area contributed by atoms with Gasteiger partial charge in [-0.05, 0) is 129 Å². The fraction of sp³-hybridized carbons (Fsp3) is 0.811. The zero-order chi connectivity index (χ0) is 30.1. The molecule has 0 bridgehead atoms. The maximum Gasteiger partial charge on any atom is 0.339 e. The van der Waals surface area contributed by atoms with Gasteiger partial charge in [0.2, 0.25) is 0 Å². The summed E-state index contributed by atoms with van der Waals surface area (Å²) in [7, 11) is 0. The van der Waals surface area contributed by atoms with Crippen LogP contribution in [-0.4, -0.2) is 19.2 Å². The SMILES string of the molecule is CCCOc1ccc(C(=O)OCC(C)CCC[C@@H](C)[C@H]2CC[C@H]3[C@@H]4CCC5CCCC[C@]5(C)[C@H]4CC[C@]23C)c(Cl)c1Cl. The molecule has 2 unspecified atom stereocenters. The molecule has 0 aromatic heterocycles. The summed E-state index contributed by atoms with van der Waals surface area (Å²) in [5.74, 6) is 5.97. The Hall–Kier alpha value is -0.930. The highest BCUT2D eigenvalue weighted by Crippen LogP contribution is 2.68. The maximum atomic E-state index is 12.8. The van der Waals surface area contributed by atoms with Crippen LogP contribution in [0.4, 0.5) is 0 Å². The van der Waals surface area contributed by atoms with Gasteiger partial charge >= 0.3 is 5.97 Å². The van der Waals surface area contributed by atoms with E-state index in [0.717, 1.165) is 48.3 Å². The average molecular weight is 620 g/mol. The monoisotopic (exact) mass is 618 g/mol. The third-order valence-electron chi connectivity index (χ3n) is 12.9. The van der Waals surface area contributed by atoms with E-state index in [1.807, 2.05) is 6.92 Å². The highest BCUT2D eigenvalue weighted by molar-refractivity contribution is 6.44. The van der Waals surface area contributed by atoms with Crippen LogP contribution in [0.5, 0.6) is 5.75 Å². The van der Waals surface area contributed by atoms with Crippen molar-refractivity contribution in [2.75, 3.05) is 13.2 Å². The average Bonchev–Trinajstić information content (AvgIpc) is 3.33. The van der Waals surface area contributed by atoms with E-state index in [-0.39, 0.29) is 10.0 Å². The number of fused-ring (bicyclic) bond motifs is 5. The molecule has 0 radical (unpaired) electrons. The molecule has 3 nitrogen and oxygen atoms in total. The molecule has 0 spiro atoms. The Balaban J connectivity index is 1.08. The lowest BCUT2D eigenvalue weighted by molar-refractivity contribution is -0.114. The molecule has 1 aromatic carbocycles. The van der Waals surface area contributed by atoms with Crippen molar-refractivity contribution in [2.45, 2.75) is 125 Å². The molecule has 0 heterocycles. The van der Waals surface area contributed by atoms with E-state index in [0.29, 0.717) is 41.3 Å². The minimum atomic E-state index is -0.416. The minimum Gasteiger partial charge on any atom is -0.492 e. The molecule has 1 aromatic rings. The van der Waals surface area contributed by atoms with Crippen LogP contribution in [0.3, 0.4) is 0 Å². The molecule has 0 saturated heterocycles. The summed E-state index contributed by atoms with van der Waals surface area (Å²) < 4.78 is 11.3. The lowest BCUT2D eigenvalue weighted by Gasteiger charge is -2.61. The predicted octanol–water partition coefficient (Wildman–Crippen LogP) is 11.4. The molecule has 4 fully saturated rings. The van der Waals surface area contributed by atoms with E-state index in [1.54, 1.807) is 12.1 Å². The van der Waals surface area contributed by atoms with Gasteiger partial charge in [-0.25, -0.2) is 4.79 Å². The summed E-state index contributed by atoms with van der Waals surface area (Å²) >= 11 is 12.7. The highest BCUT2D eigenvalue weighted by atomic mass is 35.5. The number of benzene rings is 1. The van der Waals surface area contributed by atoms with Crippen LogP contribution in [0, 0.1) is 52.3 Å². The molecule has 4 saturated carbocycles. The molecule has 9 atom stereocenters. The molecule has 4 aliphatic rings. The Labute approximate surface area is 266 Å². The molecule has 236 valence electrons. The van der Waals surface area contributed by atoms with E-state index in [4.69, 9.17) is 32.7 Å². The van der Waals surface area contributed by atoms with E-state index >= 15 is 0 Å². The fourth-order valence-corrected chi connectivity index (χ4v) is 11.1. The van der Waals surface area contributed by atoms with Gasteiger partial charge in [-0.2, -0.15) is 0 Å². The van der Waals surface area contributed by atoms with Crippen molar-refractivity contribution in [3.05, 3.63) is 27.7 Å². The topological polar surface area (TPSA) is 35.5 Å². The van der Waals surface area contributed by atoms with Crippen molar-refractivity contribution in [2.24, 2.45) is 52.3 Å². The second-order valence-electron chi connectivity index (χ2n) is 15.3. The van der Waals surface area contributed by atoms with E-state index in [2.05, 4.69) is 27.7 Å². The summed E-state index contributed by atoms with van der Waals surface area (Å²) in [6.07, 6.45) is 19.2. The standard InChI is InChI=1S/C37H56Cl2O3/c1-6-22-41-32-18-15-28(33(38)34(32)39)35(40)42-23-24(2)10-9-11-25(3)29-16-17-30-27-14-13-26-12-7-8-20-36(26,4)31(27)19-21-37(29,30)5/h15,18,24-27,29-31H,6-14,16-17,19-23H2,1-5H3/t24?,25-,26?,27+,29-,30+,31+,36+,37-/m1/s1. The first-order valence-electron chi connectivity index (χ1n) is 17.4. The van der Waals surface area contributed by atoms with Gasteiger partial charge in [-0.1, -0.05) is 83.5 Å². The first kappa shape index (κ1) is 32.5. The second-order valence-corrected chi connectivity index (χ2v) is 16.1. The number of hydrogen-bond acceptors (Lipinski definition) is 3. The maximum absolute atomic E-state index is 12.8. The van der Waals surface area contributed by atoms with Gasteiger partial charge in [-0.15, -0.1) is 0 Å². The van der Waals surface area contributed by atoms with Crippen molar-refractivity contribution in [1.29, 1.82) is 0 Å². The molecule has 5 heteroatoms. The summed E-state index contributed by atoms with van der Waals surface area (Å²) in [5, 5.41) is 0.476. The van der Waals surface area contributed by atoms with E-state index in [1.165, 1.54) is 77.0 Å². The van der Waals surface area contributed by atoms with Crippen LogP contribution in [0.1, 0.15) is 135 Å². The Kier molecular flexibility index (Phi) is 10.5. The second kappa shape index (κ2) is 13.6. The van der Waals surface area contributed by atoms with E-state index < -0.39 is 5.97 Å². The lowest BCUT2D eigenvalue weighted by Crippen LogP contribution is -2.53. The van der Waals surface area contributed by atoms with Crippen LogP contribution in [0.15, 0.2) is 12.1 Å². The third-order valence-corrected chi connectivity index (χ3v) is 13.8. The highest BCUT2D eigenvalue weighted by Gasteiger charge is 2.60. The number of carbonyl (C=O) groups is 1. The zero-order valence-electron chi connectivity index (χ0n) is 27.0. The summed E-state index contributed by atoms with van der Waals surface area (Å²) in [5.41, 5.74) is 1.48. The van der Waals surface area contributed by atoms with Crippen molar-refractivity contribution in [1.82, 2.24) is 0 Å². The molecule has 5 rings (SSSR count). The Morgan fingerprint density at radius 3 is 2.50 bits per heavy atom. The number of halogens is 2. The van der Waals surface area contributed by atoms with Gasteiger partial charge in [0.05, 0.1) is 23.8 Å². The summed E-state index contributed by atoms with van der Waals surface area (Å²) in [6, 6.07) is 3.35. The van der Waals surface area contributed by atoms with Gasteiger partial charge in [0.25, 0.3) is 0 Å². The van der Waals surface area contributed by atoms with Gasteiger partial charge in [0.1, 0.15) is 10.8 Å². The molecule has 0 amide bonds. The summed E-state index contributed by atoms with van der Waals surface area (Å²) in [4.78, 5) is 12.8. The van der Waals surface area contributed by atoms with Crippen molar-refractivity contribution in [3.8, 4) is 5.75 Å². The van der Waals surface area contributed by atoms with Crippen molar-refractivity contribution in [3.63, 3.8) is 0 Å². The number of esters is 1. The molecule has 42 heavy (non-hydrogen) atoms. The normalized spacial score (nSPS) is 35.5. The quantitative estimate of drug-likeness (QED) is 0.231. The fourth-order valence-electron chi connectivity index (χ4n) is 10.7. The largest absolute Gasteiger partial charge is 0.492 e. The molecular formula is C37H56Cl2O3. The number of carbonyl (C=O) groups excluding carboxylic acids is 1. The van der Waals surface area contributed by atoms with Crippen LogP contribution in [0.2, 0.25) is 10.0 Å². The van der Waals surface area contributed by atoms with Gasteiger partial charge in [0, 0.05) is 0 Å². The zero-order valence-corrected chi connectivity index (χ0v) is 28.5. The number of hydrogen-bond donors (Lipinski definition) is 0. The van der Waals surface area contributed by atoms with Crippen LogP contribution in [0.25, 0.3) is 0 Å². The van der Waals surface area contributed by atoms with Gasteiger partial charge in [-0.3, -0.25) is 0 Å². The third kappa shape index (κ3) is 6.27. The first-order valence-corrected chi connectivity index (χ1v) is 18.1. The van der Waals surface area contributed by atoms with Crippen molar-refractivity contribution >= 4 is 29.2 Å². The lowest BCUT2D eigenvalue weighted by atomic mass is 9.44. The molecule has 0 aliphatic heterocycles. The van der Waals surface area contributed by atoms with Crippen LogP contribution >= 0.6 is 23.2 Å². The first-order chi connectivity index (χ1) is 20.1. The number of rotatable bonds is 11. The molecule has 4 aliphatic carbocycles. The molecular weight excluding hydrogens is 563 g/mol. The smallest absolute Gasteiger partial charge is 0.339 e. The Morgan fingerprint density at radius 1 is 0.929 bits per heavy atom. The van der Waals surface area contributed by atoms with Crippen LogP contribution < -0.4 is 4.74 Å². The van der Waals surface area contributed by atoms with Crippen molar-refractivity contribution < 1.29 is 14.3 Å². The Morgan fingerprint density at radius 2 is 1.71 bits per heavy atom. The Bertz CT molecular complexity index is 1090. The van der Waals surface area contributed by atoms with Crippen LogP contribution in [-0.2, 0) is 4.74 Å². The predicted molar refractivity (Wildman–Crippen MR) is 175 cm³/mol. The summed E-state index contributed by atoms with van der Waals surface area (Å²) in [6.45, 7) is 13.1.